The van der Waals surface area contributed by atoms with Gasteiger partial charge < -0.3 is 19.9 Å². The third kappa shape index (κ3) is 5.56. The Bertz CT molecular complexity index is 777. The number of carbonyl (C=O) groups excluding carboxylic acids is 4. The van der Waals surface area contributed by atoms with Crippen LogP contribution in [-0.2, 0) is 19.1 Å². The molecule has 1 aromatic rings. The number of anilines is 1. The lowest BCUT2D eigenvalue weighted by atomic mass is 10.0. The first-order valence-electron chi connectivity index (χ1n) is 10.1. The minimum Gasteiger partial charge on any atom is -0.454 e. The summed E-state index contributed by atoms with van der Waals surface area (Å²) >= 11 is 0. The summed E-state index contributed by atoms with van der Waals surface area (Å²) in [6.45, 7) is 3.54. The van der Waals surface area contributed by atoms with E-state index in [4.69, 9.17) is 4.74 Å². The minimum absolute atomic E-state index is 0.0819. The van der Waals surface area contributed by atoms with Gasteiger partial charge >= 0.3 is 5.97 Å². The van der Waals surface area contributed by atoms with Crippen LogP contribution in [-0.4, -0.2) is 61.4 Å². The second-order valence-electron chi connectivity index (χ2n) is 7.63. The zero-order valence-corrected chi connectivity index (χ0v) is 16.7. The first kappa shape index (κ1) is 20.8. The molecule has 2 aliphatic heterocycles. The maximum atomic E-state index is 12.2. The van der Waals surface area contributed by atoms with Crippen molar-refractivity contribution < 1.29 is 23.9 Å². The molecule has 0 saturated carbocycles. The highest BCUT2D eigenvalue weighted by Crippen LogP contribution is 2.21. The van der Waals surface area contributed by atoms with Crippen molar-refractivity contribution in [2.24, 2.45) is 5.92 Å². The monoisotopic (exact) mass is 401 g/mol. The molecule has 8 nitrogen and oxygen atoms in total. The number of ether oxygens (including phenoxy) is 1. The fourth-order valence-electron chi connectivity index (χ4n) is 3.67. The van der Waals surface area contributed by atoms with E-state index in [2.05, 4.69) is 12.2 Å². The molecule has 1 aromatic carbocycles. The molecule has 0 spiro atoms. The highest BCUT2D eigenvalue weighted by molar-refractivity contribution is 5.98. The van der Waals surface area contributed by atoms with E-state index < -0.39 is 11.9 Å². The van der Waals surface area contributed by atoms with Gasteiger partial charge in [0.1, 0.15) is 6.54 Å². The maximum Gasteiger partial charge on any atom is 0.325 e. The minimum atomic E-state index is -0.656. The van der Waals surface area contributed by atoms with Crippen LogP contribution in [0.4, 0.5) is 5.69 Å². The predicted octanol–water partition coefficient (Wildman–Crippen LogP) is 1.34. The Morgan fingerprint density at radius 2 is 1.90 bits per heavy atom. The van der Waals surface area contributed by atoms with Gasteiger partial charge in [-0.2, -0.15) is 0 Å². The number of hydrogen-bond donors (Lipinski definition) is 1. The van der Waals surface area contributed by atoms with E-state index in [1.807, 2.05) is 0 Å². The molecule has 29 heavy (non-hydrogen) atoms. The van der Waals surface area contributed by atoms with E-state index in [0.29, 0.717) is 37.5 Å². The molecule has 8 heteroatoms. The summed E-state index contributed by atoms with van der Waals surface area (Å²) in [5.74, 6) is -0.743. The Morgan fingerprint density at radius 3 is 2.55 bits per heavy atom. The van der Waals surface area contributed by atoms with Crippen molar-refractivity contribution in [3.05, 3.63) is 29.8 Å². The van der Waals surface area contributed by atoms with Gasteiger partial charge in [0.05, 0.1) is 0 Å². The van der Waals surface area contributed by atoms with Gasteiger partial charge in [-0.05, 0) is 49.4 Å². The van der Waals surface area contributed by atoms with Gasteiger partial charge in [-0.25, -0.2) is 0 Å². The molecule has 0 aliphatic carbocycles. The number of rotatable bonds is 6. The van der Waals surface area contributed by atoms with Crippen LogP contribution >= 0.6 is 0 Å². The van der Waals surface area contributed by atoms with Gasteiger partial charge in [0.25, 0.3) is 11.8 Å². The molecule has 1 atom stereocenters. The third-order valence-electron chi connectivity index (χ3n) is 5.27. The predicted molar refractivity (Wildman–Crippen MR) is 106 cm³/mol. The van der Waals surface area contributed by atoms with Crippen molar-refractivity contribution in [1.82, 2.24) is 10.2 Å². The summed E-state index contributed by atoms with van der Waals surface area (Å²) in [5.41, 5.74) is 1.14. The molecular formula is C21H27N3O5. The molecule has 156 valence electrons. The van der Waals surface area contributed by atoms with Crippen molar-refractivity contribution in [2.75, 3.05) is 37.7 Å². The molecule has 0 bridgehead atoms. The average Bonchev–Trinajstić information content (AvgIpc) is 3.16. The Hall–Kier alpha value is -2.90. The molecule has 3 rings (SSSR count). The smallest absolute Gasteiger partial charge is 0.325 e. The quantitative estimate of drug-likeness (QED) is 0.726. The van der Waals surface area contributed by atoms with E-state index in [1.54, 1.807) is 34.1 Å². The number of hydrogen-bond acceptors (Lipinski definition) is 5. The number of carbonyl (C=O) groups is 4. The van der Waals surface area contributed by atoms with Gasteiger partial charge in [0.15, 0.2) is 6.61 Å². The van der Waals surface area contributed by atoms with Crippen LogP contribution in [0.15, 0.2) is 24.3 Å². The van der Waals surface area contributed by atoms with Crippen LogP contribution in [0.1, 0.15) is 43.0 Å². The van der Waals surface area contributed by atoms with E-state index >= 15 is 0 Å². The fourth-order valence-corrected chi connectivity index (χ4v) is 3.67. The summed E-state index contributed by atoms with van der Waals surface area (Å²) in [6.07, 6.45) is 3.44. The molecule has 2 aliphatic rings. The van der Waals surface area contributed by atoms with Gasteiger partial charge in [-0.1, -0.05) is 6.92 Å². The largest absolute Gasteiger partial charge is 0.454 e. The first-order valence-corrected chi connectivity index (χ1v) is 10.1. The third-order valence-corrected chi connectivity index (χ3v) is 5.27. The van der Waals surface area contributed by atoms with E-state index in [9.17, 15) is 19.2 Å². The number of esters is 1. The first-order chi connectivity index (χ1) is 13.9. The molecule has 2 heterocycles. The van der Waals surface area contributed by atoms with Crippen LogP contribution in [0.2, 0.25) is 0 Å². The molecule has 0 unspecified atom stereocenters. The number of benzene rings is 1. The van der Waals surface area contributed by atoms with Crippen molar-refractivity contribution >= 4 is 29.4 Å². The number of likely N-dealkylation sites (tertiary alicyclic amines) is 1. The topological polar surface area (TPSA) is 96.0 Å². The lowest BCUT2D eigenvalue weighted by Gasteiger charge is -2.30. The molecule has 1 N–H and O–H groups in total. The fraction of sp³-hybridized carbons (Fsp3) is 0.524. The number of amides is 3. The molecule has 3 amide bonds. The normalized spacial score (nSPS) is 19.2. The van der Waals surface area contributed by atoms with Gasteiger partial charge in [-0.3, -0.25) is 19.2 Å². The molecule has 2 fully saturated rings. The van der Waals surface area contributed by atoms with Crippen LogP contribution in [0, 0.1) is 5.92 Å². The van der Waals surface area contributed by atoms with E-state index in [-0.39, 0.29) is 25.0 Å². The van der Waals surface area contributed by atoms with E-state index in [0.717, 1.165) is 24.9 Å². The SMILES string of the molecule is C[C@@H]1CCCN(C(=O)COC(=O)CNC(=O)c2ccc(N3CCCC3=O)cc2)C1. The molecule has 0 radical (unpaired) electrons. The van der Waals surface area contributed by atoms with Crippen molar-refractivity contribution in [2.45, 2.75) is 32.6 Å². The molecule has 2 saturated heterocycles. The Kier molecular flexibility index (Phi) is 6.85. The van der Waals surface area contributed by atoms with Crippen LogP contribution in [0.25, 0.3) is 0 Å². The van der Waals surface area contributed by atoms with Crippen molar-refractivity contribution in [1.29, 1.82) is 0 Å². The summed E-state index contributed by atoms with van der Waals surface area (Å²) in [6, 6.07) is 6.66. The number of piperidine rings is 1. The summed E-state index contributed by atoms with van der Waals surface area (Å²) in [4.78, 5) is 51.3. The van der Waals surface area contributed by atoms with E-state index in [1.165, 1.54) is 0 Å². The lowest BCUT2D eigenvalue weighted by Crippen LogP contribution is -2.42. The zero-order valence-electron chi connectivity index (χ0n) is 16.7. The van der Waals surface area contributed by atoms with Crippen molar-refractivity contribution in [3.63, 3.8) is 0 Å². The highest BCUT2D eigenvalue weighted by Gasteiger charge is 2.23. The Morgan fingerprint density at radius 1 is 1.14 bits per heavy atom. The zero-order chi connectivity index (χ0) is 20.8. The highest BCUT2D eigenvalue weighted by atomic mass is 16.5. The molecular weight excluding hydrogens is 374 g/mol. The van der Waals surface area contributed by atoms with Crippen LogP contribution < -0.4 is 10.2 Å². The Labute approximate surface area is 170 Å². The maximum absolute atomic E-state index is 12.2. The van der Waals surface area contributed by atoms with Gasteiger partial charge in [0.2, 0.25) is 5.91 Å². The molecule has 0 aromatic heterocycles. The second kappa shape index (κ2) is 9.54. The van der Waals surface area contributed by atoms with Crippen molar-refractivity contribution in [3.8, 4) is 0 Å². The summed E-state index contributed by atoms with van der Waals surface area (Å²) in [5, 5.41) is 2.49. The Balaban J connectivity index is 1.41. The number of nitrogens with one attached hydrogen (secondary N) is 1. The lowest BCUT2D eigenvalue weighted by molar-refractivity contribution is -0.151. The van der Waals surface area contributed by atoms with Crippen LogP contribution in [0.5, 0.6) is 0 Å². The number of nitrogens with zero attached hydrogens (tertiary/aromatic N) is 2. The average molecular weight is 401 g/mol. The van der Waals surface area contributed by atoms with Gasteiger partial charge in [0, 0.05) is 37.3 Å². The second-order valence-corrected chi connectivity index (χ2v) is 7.63. The van der Waals surface area contributed by atoms with Gasteiger partial charge in [-0.15, -0.1) is 0 Å². The standard InChI is InChI=1S/C21H27N3O5/c1-15-4-2-10-23(13-15)19(26)14-29-20(27)12-22-21(28)16-6-8-17(9-7-16)24-11-3-5-18(24)25/h6-9,15H,2-5,10-14H2,1H3,(H,22,28)/t15-/m1/s1. The summed E-state index contributed by atoms with van der Waals surface area (Å²) in [7, 11) is 0. The summed E-state index contributed by atoms with van der Waals surface area (Å²) < 4.78 is 4.99. The van der Waals surface area contributed by atoms with Crippen LogP contribution in [0.3, 0.4) is 0 Å².